The third-order valence-electron chi connectivity index (χ3n) is 4.69. The first-order chi connectivity index (χ1) is 9.60. The van der Waals surface area contributed by atoms with Gasteiger partial charge in [0.25, 0.3) is 0 Å². The standard InChI is InChI=1S/C18H32N2/c1-6-14-19-17(15-16-12-10-9-11-13-16)18(7-2,8-3)20(4)5/h9-13,17,19H,6-8,14-15H2,1-5H3. The first-order valence-electron chi connectivity index (χ1n) is 8.05. The van der Waals surface area contributed by atoms with Crippen LogP contribution in [-0.2, 0) is 6.42 Å². The molecule has 0 saturated carbocycles. The van der Waals surface area contributed by atoms with Crippen molar-refractivity contribution in [3.05, 3.63) is 35.9 Å². The van der Waals surface area contributed by atoms with Crippen molar-refractivity contribution in [2.45, 2.75) is 58.0 Å². The fraction of sp³-hybridized carbons (Fsp3) is 0.667. The van der Waals surface area contributed by atoms with Crippen LogP contribution >= 0.6 is 0 Å². The van der Waals surface area contributed by atoms with Crippen molar-refractivity contribution < 1.29 is 0 Å². The van der Waals surface area contributed by atoms with Crippen molar-refractivity contribution in [3.8, 4) is 0 Å². The van der Waals surface area contributed by atoms with Crippen molar-refractivity contribution >= 4 is 0 Å². The lowest BCUT2D eigenvalue weighted by atomic mass is 9.80. The number of likely N-dealkylation sites (N-methyl/N-ethyl adjacent to an activating group) is 1. The van der Waals surface area contributed by atoms with E-state index in [2.05, 4.69) is 75.4 Å². The monoisotopic (exact) mass is 276 g/mol. The second-order valence-corrected chi connectivity index (χ2v) is 5.90. The summed E-state index contributed by atoms with van der Waals surface area (Å²) < 4.78 is 0. The number of nitrogens with one attached hydrogen (secondary N) is 1. The second-order valence-electron chi connectivity index (χ2n) is 5.90. The molecule has 0 aliphatic rings. The number of hydrogen-bond acceptors (Lipinski definition) is 2. The summed E-state index contributed by atoms with van der Waals surface area (Å²) in [5.41, 5.74) is 1.65. The van der Waals surface area contributed by atoms with Crippen LogP contribution in [0.1, 0.15) is 45.6 Å². The van der Waals surface area contributed by atoms with Crippen LogP contribution < -0.4 is 5.32 Å². The van der Waals surface area contributed by atoms with Gasteiger partial charge in [-0.15, -0.1) is 0 Å². The summed E-state index contributed by atoms with van der Waals surface area (Å²) >= 11 is 0. The molecule has 1 rings (SSSR count). The first-order valence-corrected chi connectivity index (χ1v) is 8.05. The highest BCUT2D eigenvalue weighted by atomic mass is 15.2. The van der Waals surface area contributed by atoms with E-state index in [1.807, 2.05) is 0 Å². The van der Waals surface area contributed by atoms with Crippen molar-refractivity contribution in [1.29, 1.82) is 0 Å². The van der Waals surface area contributed by atoms with E-state index in [0.29, 0.717) is 6.04 Å². The number of hydrogen-bond donors (Lipinski definition) is 1. The van der Waals surface area contributed by atoms with Gasteiger partial charge in [-0.1, -0.05) is 51.1 Å². The lowest BCUT2D eigenvalue weighted by Crippen LogP contribution is -2.59. The zero-order valence-electron chi connectivity index (χ0n) is 13.9. The number of benzene rings is 1. The van der Waals surface area contributed by atoms with Gasteiger partial charge in [-0.3, -0.25) is 0 Å². The van der Waals surface area contributed by atoms with Crippen LogP contribution in [0.15, 0.2) is 30.3 Å². The van der Waals surface area contributed by atoms with Gasteiger partial charge in [0.1, 0.15) is 0 Å². The Kier molecular flexibility index (Phi) is 7.25. The number of rotatable bonds is 9. The summed E-state index contributed by atoms with van der Waals surface area (Å²) in [7, 11) is 4.44. The van der Waals surface area contributed by atoms with E-state index in [1.165, 1.54) is 24.8 Å². The van der Waals surface area contributed by atoms with Crippen LogP contribution in [0.3, 0.4) is 0 Å². The molecule has 0 aromatic heterocycles. The van der Waals surface area contributed by atoms with Gasteiger partial charge in [-0.2, -0.15) is 0 Å². The van der Waals surface area contributed by atoms with Gasteiger partial charge in [0, 0.05) is 11.6 Å². The molecule has 0 fully saturated rings. The Morgan fingerprint density at radius 3 is 2.10 bits per heavy atom. The van der Waals surface area contributed by atoms with Crippen LogP contribution in [0.25, 0.3) is 0 Å². The quantitative estimate of drug-likeness (QED) is 0.739. The van der Waals surface area contributed by atoms with Gasteiger partial charge in [0.15, 0.2) is 0 Å². The maximum absolute atomic E-state index is 3.80. The van der Waals surface area contributed by atoms with E-state index < -0.39 is 0 Å². The molecule has 0 bridgehead atoms. The first kappa shape index (κ1) is 17.2. The van der Waals surface area contributed by atoms with Crippen molar-refractivity contribution in [2.24, 2.45) is 0 Å². The highest BCUT2D eigenvalue weighted by molar-refractivity contribution is 5.18. The molecule has 1 aromatic rings. The van der Waals surface area contributed by atoms with Gasteiger partial charge in [-0.25, -0.2) is 0 Å². The molecule has 0 aliphatic heterocycles. The van der Waals surface area contributed by atoms with E-state index >= 15 is 0 Å². The molecule has 0 aliphatic carbocycles. The van der Waals surface area contributed by atoms with Gasteiger partial charge in [0.2, 0.25) is 0 Å². The van der Waals surface area contributed by atoms with E-state index in [0.717, 1.165) is 13.0 Å². The Morgan fingerprint density at radius 1 is 1.05 bits per heavy atom. The van der Waals surface area contributed by atoms with E-state index in [-0.39, 0.29) is 5.54 Å². The summed E-state index contributed by atoms with van der Waals surface area (Å²) in [6, 6.07) is 11.4. The predicted octanol–water partition coefficient (Wildman–Crippen LogP) is 3.72. The van der Waals surface area contributed by atoms with Gasteiger partial charge < -0.3 is 10.2 Å². The Balaban J connectivity index is 2.97. The summed E-state index contributed by atoms with van der Waals surface area (Å²) in [6.07, 6.45) is 4.62. The van der Waals surface area contributed by atoms with Gasteiger partial charge >= 0.3 is 0 Å². The zero-order valence-corrected chi connectivity index (χ0v) is 13.9. The molecule has 1 N–H and O–H groups in total. The number of nitrogens with zero attached hydrogens (tertiary/aromatic N) is 1. The van der Waals surface area contributed by atoms with Crippen molar-refractivity contribution in [2.75, 3.05) is 20.6 Å². The predicted molar refractivity (Wildman–Crippen MR) is 89.2 cm³/mol. The Labute approximate surface area is 125 Å². The lowest BCUT2D eigenvalue weighted by Gasteiger charge is -2.46. The SMILES string of the molecule is CCCNC(Cc1ccccc1)C(CC)(CC)N(C)C. The topological polar surface area (TPSA) is 15.3 Å². The molecule has 114 valence electrons. The van der Waals surface area contributed by atoms with Crippen LogP contribution in [0, 0.1) is 0 Å². The van der Waals surface area contributed by atoms with Gasteiger partial charge in [0.05, 0.1) is 0 Å². The van der Waals surface area contributed by atoms with Crippen LogP contribution in [0.5, 0.6) is 0 Å². The molecule has 0 heterocycles. The molecular weight excluding hydrogens is 244 g/mol. The van der Waals surface area contributed by atoms with Crippen molar-refractivity contribution in [1.82, 2.24) is 10.2 Å². The molecule has 0 spiro atoms. The van der Waals surface area contributed by atoms with Gasteiger partial charge in [-0.05, 0) is 51.9 Å². The van der Waals surface area contributed by atoms with E-state index in [4.69, 9.17) is 0 Å². The highest BCUT2D eigenvalue weighted by Gasteiger charge is 2.37. The average molecular weight is 276 g/mol. The minimum atomic E-state index is 0.227. The molecule has 0 saturated heterocycles. The van der Waals surface area contributed by atoms with Crippen LogP contribution in [0.2, 0.25) is 0 Å². The summed E-state index contributed by atoms with van der Waals surface area (Å²) in [4.78, 5) is 2.42. The smallest absolute Gasteiger partial charge is 0.0354 e. The Hall–Kier alpha value is -0.860. The Morgan fingerprint density at radius 2 is 1.65 bits per heavy atom. The largest absolute Gasteiger partial charge is 0.312 e. The third kappa shape index (κ3) is 4.07. The second kappa shape index (κ2) is 8.43. The molecule has 1 aromatic carbocycles. The maximum Gasteiger partial charge on any atom is 0.0354 e. The fourth-order valence-electron chi connectivity index (χ4n) is 3.31. The van der Waals surface area contributed by atoms with E-state index in [1.54, 1.807) is 0 Å². The molecule has 2 heteroatoms. The maximum atomic E-state index is 3.80. The molecule has 0 radical (unpaired) electrons. The fourth-order valence-corrected chi connectivity index (χ4v) is 3.31. The van der Waals surface area contributed by atoms with Crippen LogP contribution in [-0.4, -0.2) is 37.1 Å². The molecule has 0 amide bonds. The average Bonchev–Trinajstić information content (AvgIpc) is 2.47. The highest BCUT2D eigenvalue weighted by Crippen LogP contribution is 2.28. The Bertz CT molecular complexity index is 355. The van der Waals surface area contributed by atoms with Crippen molar-refractivity contribution in [3.63, 3.8) is 0 Å². The normalized spacial score (nSPS) is 13.7. The summed E-state index contributed by atoms with van der Waals surface area (Å²) in [5.74, 6) is 0. The molecule has 1 atom stereocenters. The zero-order chi connectivity index (χ0) is 15.0. The molecular formula is C18H32N2. The third-order valence-corrected chi connectivity index (χ3v) is 4.69. The van der Waals surface area contributed by atoms with Crippen LogP contribution in [0.4, 0.5) is 0 Å². The lowest BCUT2D eigenvalue weighted by molar-refractivity contribution is 0.0881. The summed E-state index contributed by atoms with van der Waals surface area (Å²) in [5, 5.41) is 3.80. The minimum absolute atomic E-state index is 0.227. The minimum Gasteiger partial charge on any atom is -0.312 e. The molecule has 1 unspecified atom stereocenters. The molecule has 2 nitrogen and oxygen atoms in total. The molecule has 20 heavy (non-hydrogen) atoms. The van der Waals surface area contributed by atoms with E-state index in [9.17, 15) is 0 Å². The summed E-state index contributed by atoms with van der Waals surface area (Å²) in [6.45, 7) is 7.96.